The SMILES string of the molecule is C/C=C(\C=N/C(C)OC1CCN(C)CC1)c1ccccn1.CC. The third-order valence-electron chi connectivity index (χ3n) is 3.75. The molecule has 0 aromatic carbocycles. The minimum Gasteiger partial charge on any atom is -0.354 e. The molecule has 0 N–H and O–H groups in total. The molecule has 0 bridgehead atoms. The van der Waals surface area contributed by atoms with Crippen LogP contribution in [0.15, 0.2) is 35.5 Å². The number of aliphatic imine (C=N–C) groups is 1. The fraction of sp³-hybridized carbons (Fsp3) is 0.579. The summed E-state index contributed by atoms with van der Waals surface area (Å²) in [5.74, 6) is 0. The Hall–Kier alpha value is -1.52. The molecule has 1 saturated heterocycles. The van der Waals surface area contributed by atoms with E-state index in [-0.39, 0.29) is 6.23 Å². The van der Waals surface area contributed by atoms with Gasteiger partial charge in [0.25, 0.3) is 0 Å². The van der Waals surface area contributed by atoms with E-state index >= 15 is 0 Å². The summed E-state index contributed by atoms with van der Waals surface area (Å²) in [5.41, 5.74) is 1.96. The Labute approximate surface area is 141 Å². The number of allylic oxidation sites excluding steroid dienone is 2. The number of ether oxygens (including phenoxy) is 1. The van der Waals surface area contributed by atoms with Crippen LogP contribution in [0, 0.1) is 0 Å². The van der Waals surface area contributed by atoms with E-state index in [4.69, 9.17) is 4.74 Å². The van der Waals surface area contributed by atoms with Gasteiger partial charge in [0.15, 0.2) is 0 Å². The lowest BCUT2D eigenvalue weighted by Gasteiger charge is -2.29. The van der Waals surface area contributed by atoms with Crippen molar-refractivity contribution in [2.75, 3.05) is 20.1 Å². The number of piperidine rings is 1. The minimum atomic E-state index is -0.114. The van der Waals surface area contributed by atoms with Gasteiger partial charge in [-0.2, -0.15) is 0 Å². The van der Waals surface area contributed by atoms with Gasteiger partial charge >= 0.3 is 0 Å². The summed E-state index contributed by atoms with van der Waals surface area (Å²) in [7, 11) is 2.16. The lowest BCUT2D eigenvalue weighted by atomic mass is 10.1. The summed E-state index contributed by atoms with van der Waals surface area (Å²) in [4.78, 5) is 11.2. The fourth-order valence-corrected chi connectivity index (χ4v) is 2.44. The van der Waals surface area contributed by atoms with Crippen LogP contribution >= 0.6 is 0 Å². The summed E-state index contributed by atoms with van der Waals surface area (Å²) in [6.07, 6.45) is 8.08. The zero-order valence-corrected chi connectivity index (χ0v) is 15.2. The predicted molar refractivity (Wildman–Crippen MR) is 98.8 cm³/mol. The van der Waals surface area contributed by atoms with Gasteiger partial charge in [-0.1, -0.05) is 26.0 Å². The highest BCUT2D eigenvalue weighted by Crippen LogP contribution is 2.15. The van der Waals surface area contributed by atoms with Crippen LogP contribution in [0.1, 0.15) is 46.2 Å². The molecule has 1 fully saturated rings. The molecule has 4 nitrogen and oxygen atoms in total. The molecule has 1 aliphatic heterocycles. The number of nitrogens with zero attached hydrogens (tertiary/aromatic N) is 3. The van der Waals surface area contributed by atoms with Gasteiger partial charge in [-0.3, -0.25) is 9.98 Å². The number of rotatable bonds is 5. The summed E-state index contributed by atoms with van der Waals surface area (Å²) in [6, 6.07) is 5.89. The maximum atomic E-state index is 6.00. The highest BCUT2D eigenvalue weighted by molar-refractivity contribution is 6.08. The van der Waals surface area contributed by atoms with Crippen molar-refractivity contribution in [3.05, 3.63) is 36.2 Å². The first-order chi connectivity index (χ1) is 11.2. The first-order valence-electron chi connectivity index (χ1n) is 8.64. The standard InChI is InChI=1S/C17H25N3O.C2H6/c1-4-15(17-7-5-6-10-18-17)13-19-14(2)21-16-8-11-20(3)12-9-16;1-2/h4-7,10,13-14,16H,8-9,11-12H2,1-3H3;1-2H3/b15-4+,19-13-;. The van der Waals surface area contributed by atoms with Gasteiger partial charge in [-0.15, -0.1) is 0 Å². The Morgan fingerprint density at radius 3 is 2.61 bits per heavy atom. The van der Waals surface area contributed by atoms with Crippen molar-refractivity contribution in [1.29, 1.82) is 0 Å². The average Bonchev–Trinajstić information content (AvgIpc) is 2.60. The molecular weight excluding hydrogens is 286 g/mol. The van der Waals surface area contributed by atoms with Crippen LogP contribution in [0.25, 0.3) is 5.57 Å². The van der Waals surface area contributed by atoms with Crippen LogP contribution in [0.3, 0.4) is 0 Å². The zero-order chi connectivity index (χ0) is 17.1. The van der Waals surface area contributed by atoms with Crippen molar-refractivity contribution in [2.24, 2.45) is 4.99 Å². The molecule has 1 atom stereocenters. The van der Waals surface area contributed by atoms with Gasteiger partial charge in [0, 0.05) is 31.1 Å². The van der Waals surface area contributed by atoms with Crippen molar-refractivity contribution in [3.63, 3.8) is 0 Å². The molecule has 0 spiro atoms. The van der Waals surface area contributed by atoms with Crippen molar-refractivity contribution < 1.29 is 4.74 Å². The van der Waals surface area contributed by atoms with Crippen LogP contribution in [-0.2, 0) is 4.74 Å². The van der Waals surface area contributed by atoms with E-state index in [1.54, 1.807) is 6.20 Å². The normalized spacial score (nSPS) is 18.6. The van der Waals surface area contributed by atoms with Crippen LogP contribution in [0.2, 0.25) is 0 Å². The first-order valence-corrected chi connectivity index (χ1v) is 8.64. The predicted octanol–water partition coefficient (Wildman–Crippen LogP) is 4.04. The molecule has 1 aromatic rings. The Bertz CT molecular complexity index is 477. The summed E-state index contributed by atoms with van der Waals surface area (Å²) >= 11 is 0. The summed E-state index contributed by atoms with van der Waals surface area (Å²) in [6.45, 7) is 10.2. The maximum Gasteiger partial charge on any atom is 0.145 e. The smallest absolute Gasteiger partial charge is 0.145 e. The number of aromatic nitrogens is 1. The van der Waals surface area contributed by atoms with E-state index in [0.29, 0.717) is 6.10 Å². The average molecular weight is 317 g/mol. The van der Waals surface area contributed by atoms with Gasteiger partial charge in [0.05, 0.1) is 11.8 Å². The molecule has 0 saturated carbocycles. The molecule has 1 aromatic heterocycles. The quantitative estimate of drug-likeness (QED) is 0.769. The van der Waals surface area contributed by atoms with Crippen LogP contribution in [-0.4, -0.2) is 48.6 Å². The van der Waals surface area contributed by atoms with Crippen LogP contribution in [0.5, 0.6) is 0 Å². The van der Waals surface area contributed by atoms with E-state index in [0.717, 1.165) is 37.2 Å². The highest BCUT2D eigenvalue weighted by atomic mass is 16.5. The Kier molecular flexibility index (Phi) is 9.41. The Morgan fingerprint density at radius 1 is 1.35 bits per heavy atom. The maximum absolute atomic E-state index is 6.00. The summed E-state index contributed by atoms with van der Waals surface area (Å²) in [5, 5.41) is 0. The minimum absolute atomic E-state index is 0.114. The van der Waals surface area contributed by atoms with Gasteiger partial charge in [-0.25, -0.2) is 0 Å². The second kappa shape index (κ2) is 11.1. The van der Waals surface area contributed by atoms with Crippen molar-refractivity contribution in [3.8, 4) is 0 Å². The van der Waals surface area contributed by atoms with E-state index in [2.05, 4.69) is 21.9 Å². The molecule has 4 heteroatoms. The van der Waals surface area contributed by atoms with Crippen molar-refractivity contribution in [2.45, 2.75) is 52.9 Å². The molecule has 2 rings (SSSR count). The largest absolute Gasteiger partial charge is 0.354 e. The van der Waals surface area contributed by atoms with Gasteiger partial charge in [0.1, 0.15) is 6.23 Å². The molecular formula is C19H31N3O. The van der Waals surface area contributed by atoms with E-state index in [1.807, 2.05) is 58.2 Å². The molecule has 1 aliphatic rings. The topological polar surface area (TPSA) is 37.7 Å². The summed E-state index contributed by atoms with van der Waals surface area (Å²) < 4.78 is 6.00. The third kappa shape index (κ3) is 7.06. The van der Waals surface area contributed by atoms with Crippen LogP contribution < -0.4 is 0 Å². The zero-order valence-electron chi connectivity index (χ0n) is 15.2. The number of pyridine rings is 1. The molecule has 0 amide bonds. The number of hydrogen-bond donors (Lipinski definition) is 0. The molecule has 0 aliphatic carbocycles. The Balaban J connectivity index is 0.00000127. The second-order valence-electron chi connectivity index (χ2n) is 5.48. The van der Waals surface area contributed by atoms with Crippen molar-refractivity contribution in [1.82, 2.24) is 9.88 Å². The molecule has 128 valence electrons. The molecule has 1 unspecified atom stereocenters. The number of hydrogen-bond acceptors (Lipinski definition) is 4. The lowest BCUT2D eigenvalue weighted by molar-refractivity contribution is -0.0270. The monoisotopic (exact) mass is 317 g/mol. The van der Waals surface area contributed by atoms with Gasteiger partial charge in [-0.05, 0) is 45.9 Å². The molecule has 0 radical (unpaired) electrons. The van der Waals surface area contributed by atoms with Crippen molar-refractivity contribution >= 4 is 11.8 Å². The molecule has 23 heavy (non-hydrogen) atoms. The van der Waals surface area contributed by atoms with Crippen LogP contribution in [0.4, 0.5) is 0 Å². The molecule has 2 heterocycles. The third-order valence-corrected chi connectivity index (χ3v) is 3.75. The first kappa shape index (κ1) is 19.5. The number of likely N-dealkylation sites (tertiary alicyclic amines) is 1. The van der Waals surface area contributed by atoms with E-state index < -0.39 is 0 Å². The fourth-order valence-electron chi connectivity index (χ4n) is 2.44. The van der Waals surface area contributed by atoms with E-state index in [9.17, 15) is 0 Å². The van der Waals surface area contributed by atoms with E-state index in [1.165, 1.54) is 0 Å². The van der Waals surface area contributed by atoms with Gasteiger partial charge < -0.3 is 9.64 Å². The van der Waals surface area contributed by atoms with Gasteiger partial charge in [0.2, 0.25) is 0 Å². The second-order valence-corrected chi connectivity index (χ2v) is 5.48. The highest BCUT2D eigenvalue weighted by Gasteiger charge is 2.18. The Morgan fingerprint density at radius 2 is 2.04 bits per heavy atom. The lowest BCUT2D eigenvalue weighted by Crippen LogP contribution is -2.35.